The summed E-state index contributed by atoms with van der Waals surface area (Å²) in [5, 5.41) is 19.1. The van der Waals surface area contributed by atoms with Crippen molar-refractivity contribution in [3.8, 4) is 17.0 Å². The molecule has 3 nitrogen and oxygen atoms in total. The molecular formula is C14H16ClNO2. The van der Waals surface area contributed by atoms with E-state index in [1.165, 1.54) is 0 Å². The highest BCUT2D eigenvalue weighted by molar-refractivity contribution is 5.85. The van der Waals surface area contributed by atoms with E-state index < -0.39 is 0 Å². The predicted molar refractivity (Wildman–Crippen MR) is 74.0 cm³/mol. The Kier molecular flexibility index (Phi) is 4.70. The zero-order valence-electron chi connectivity index (χ0n) is 10.3. The number of benzene rings is 1. The Morgan fingerprint density at radius 1 is 1.11 bits per heavy atom. The summed E-state index contributed by atoms with van der Waals surface area (Å²) in [6.45, 7) is 3.42. The Morgan fingerprint density at radius 3 is 2.28 bits per heavy atom. The smallest absolute Gasteiger partial charge is 0.142 e. The molecule has 0 aliphatic carbocycles. The van der Waals surface area contributed by atoms with Gasteiger partial charge in [0.25, 0.3) is 0 Å². The lowest BCUT2D eigenvalue weighted by atomic mass is 10.0. The third-order valence-corrected chi connectivity index (χ3v) is 2.92. The predicted octanol–water partition coefficient (Wildman–Crippen LogP) is 2.99. The quantitative estimate of drug-likeness (QED) is 0.878. The highest BCUT2D eigenvalue weighted by Gasteiger charge is 2.14. The van der Waals surface area contributed by atoms with Crippen LogP contribution in [0.5, 0.6) is 5.75 Å². The van der Waals surface area contributed by atoms with Crippen LogP contribution in [0.15, 0.2) is 30.3 Å². The van der Waals surface area contributed by atoms with E-state index in [0.29, 0.717) is 11.3 Å². The van der Waals surface area contributed by atoms with E-state index in [1.807, 2.05) is 37.3 Å². The second-order valence-electron chi connectivity index (χ2n) is 4.02. The van der Waals surface area contributed by atoms with E-state index in [1.54, 1.807) is 6.92 Å². The average Bonchev–Trinajstić information content (AvgIpc) is 2.36. The number of nitrogens with zero attached hydrogens (tertiary/aromatic N) is 1. The maximum absolute atomic E-state index is 9.83. The van der Waals surface area contributed by atoms with Crippen LogP contribution in [-0.2, 0) is 6.61 Å². The van der Waals surface area contributed by atoms with Gasteiger partial charge in [-0.25, -0.2) is 4.98 Å². The third kappa shape index (κ3) is 2.47. The Hall–Kier alpha value is -1.58. The van der Waals surface area contributed by atoms with Crippen molar-refractivity contribution < 1.29 is 10.2 Å². The number of pyridine rings is 1. The van der Waals surface area contributed by atoms with Crippen LogP contribution < -0.4 is 0 Å². The summed E-state index contributed by atoms with van der Waals surface area (Å²) >= 11 is 0. The number of hydrogen-bond donors (Lipinski definition) is 2. The Bertz CT molecular complexity index is 541. The molecular weight excluding hydrogens is 250 g/mol. The Balaban J connectivity index is 0.00000162. The van der Waals surface area contributed by atoms with Gasteiger partial charge in [0.05, 0.1) is 18.0 Å². The van der Waals surface area contributed by atoms with Gasteiger partial charge in [-0.15, -0.1) is 12.4 Å². The van der Waals surface area contributed by atoms with Crippen LogP contribution in [0.25, 0.3) is 11.3 Å². The number of hydrogen-bond acceptors (Lipinski definition) is 3. The minimum Gasteiger partial charge on any atom is -0.506 e. The molecule has 0 aliphatic rings. The molecule has 1 heterocycles. The largest absolute Gasteiger partial charge is 0.506 e. The highest BCUT2D eigenvalue weighted by Crippen LogP contribution is 2.31. The molecule has 0 saturated heterocycles. The first-order valence-corrected chi connectivity index (χ1v) is 5.50. The van der Waals surface area contributed by atoms with Crippen molar-refractivity contribution in [1.29, 1.82) is 0 Å². The van der Waals surface area contributed by atoms with Crippen LogP contribution >= 0.6 is 12.4 Å². The summed E-state index contributed by atoms with van der Waals surface area (Å²) in [5.41, 5.74) is 3.71. The Morgan fingerprint density at radius 2 is 1.72 bits per heavy atom. The van der Waals surface area contributed by atoms with E-state index in [2.05, 4.69) is 4.98 Å². The first-order chi connectivity index (χ1) is 8.15. The second kappa shape index (κ2) is 5.85. The molecule has 0 aliphatic heterocycles. The molecule has 2 N–H and O–H groups in total. The lowest BCUT2D eigenvalue weighted by Crippen LogP contribution is -1.99. The summed E-state index contributed by atoms with van der Waals surface area (Å²) in [5.74, 6) is 0.0877. The molecule has 4 heteroatoms. The number of aryl methyl sites for hydroxylation is 1. The second-order valence-corrected chi connectivity index (χ2v) is 4.02. The van der Waals surface area contributed by atoms with Crippen molar-refractivity contribution in [2.45, 2.75) is 20.5 Å². The number of aliphatic hydroxyl groups is 1. The van der Waals surface area contributed by atoms with E-state index in [4.69, 9.17) is 0 Å². The molecule has 1 aromatic heterocycles. The summed E-state index contributed by atoms with van der Waals surface area (Å²) in [6, 6.07) is 9.76. The Labute approximate surface area is 113 Å². The summed E-state index contributed by atoms with van der Waals surface area (Å²) < 4.78 is 0. The molecule has 2 rings (SSSR count). The van der Waals surface area contributed by atoms with E-state index in [0.717, 1.165) is 16.8 Å². The minimum atomic E-state index is -0.180. The van der Waals surface area contributed by atoms with Gasteiger partial charge in [-0.05, 0) is 19.4 Å². The number of halogens is 1. The number of aliphatic hydroxyl groups excluding tert-OH is 1. The van der Waals surface area contributed by atoms with E-state index >= 15 is 0 Å². The maximum Gasteiger partial charge on any atom is 0.142 e. The maximum atomic E-state index is 9.83. The average molecular weight is 266 g/mol. The van der Waals surface area contributed by atoms with Gasteiger partial charge in [-0.3, -0.25) is 0 Å². The van der Waals surface area contributed by atoms with Crippen LogP contribution in [0.3, 0.4) is 0 Å². The molecule has 1 aromatic carbocycles. The first-order valence-electron chi connectivity index (χ1n) is 5.50. The summed E-state index contributed by atoms with van der Waals surface area (Å²) in [7, 11) is 0. The summed E-state index contributed by atoms with van der Waals surface area (Å²) in [4.78, 5) is 4.39. The van der Waals surface area contributed by atoms with Gasteiger partial charge < -0.3 is 10.2 Å². The zero-order chi connectivity index (χ0) is 12.4. The van der Waals surface area contributed by atoms with Crippen molar-refractivity contribution in [1.82, 2.24) is 4.98 Å². The van der Waals surface area contributed by atoms with Gasteiger partial charge in [0.2, 0.25) is 0 Å². The molecule has 0 radical (unpaired) electrons. The van der Waals surface area contributed by atoms with Gasteiger partial charge in [-0.1, -0.05) is 30.3 Å². The van der Waals surface area contributed by atoms with E-state index in [-0.39, 0.29) is 24.8 Å². The van der Waals surface area contributed by atoms with E-state index in [9.17, 15) is 10.2 Å². The SMILES string of the molecule is Cc1nc(-c2ccccc2)c(C)c(CO)c1O.Cl. The normalized spacial score (nSPS) is 9.94. The molecule has 0 amide bonds. The molecule has 0 fully saturated rings. The zero-order valence-corrected chi connectivity index (χ0v) is 11.2. The number of rotatable bonds is 2. The standard InChI is InChI=1S/C14H15NO2.ClH/c1-9-12(8-16)14(17)10(2)15-13(9)11-6-4-3-5-7-11;/h3-7,16-17H,8H2,1-2H3;1H. The molecule has 96 valence electrons. The van der Waals surface area contributed by atoms with Crippen LogP contribution in [0, 0.1) is 13.8 Å². The monoisotopic (exact) mass is 265 g/mol. The lowest BCUT2D eigenvalue weighted by molar-refractivity contribution is 0.274. The van der Waals surface area contributed by atoms with Gasteiger partial charge in [0.1, 0.15) is 5.75 Å². The fraction of sp³-hybridized carbons (Fsp3) is 0.214. The van der Waals surface area contributed by atoms with Crippen LogP contribution in [0.2, 0.25) is 0 Å². The lowest BCUT2D eigenvalue weighted by Gasteiger charge is -2.13. The highest BCUT2D eigenvalue weighted by atomic mass is 35.5. The molecule has 0 spiro atoms. The van der Waals surface area contributed by atoms with Crippen LogP contribution in [0.1, 0.15) is 16.8 Å². The fourth-order valence-electron chi connectivity index (χ4n) is 1.91. The topological polar surface area (TPSA) is 53.4 Å². The number of aromatic hydroxyl groups is 1. The van der Waals surface area contributed by atoms with Crippen molar-refractivity contribution in [2.24, 2.45) is 0 Å². The van der Waals surface area contributed by atoms with Gasteiger partial charge >= 0.3 is 0 Å². The van der Waals surface area contributed by atoms with Crippen molar-refractivity contribution in [3.63, 3.8) is 0 Å². The van der Waals surface area contributed by atoms with Gasteiger partial charge in [0.15, 0.2) is 0 Å². The molecule has 0 atom stereocenters. The minimum absolute atomic E-state index is 0. The molecule has 0 unspecified atom stereocenters. The molecule has 18 heavy (non-hydrogen) atoms. The summed E-state index contributed by atoms with van der Waals surface area (Å²) in [6.07, 6.45) is 0. The van der Waals surface area contributed by atoms with Crippen molar-refractivity contribution >= 4 is 12.4 Å². The van der Waals surface area contributed by atoms with Crippen molar-refractivity contribution in [2.75, 3.05) is 0 Å². The molecule has 0 saturated carbocycles. The first kappa shape index (κ1) is 14.5. The third-order valence-electron chi connectivity index (χ3n) is 2.92. The van der Waals surface area contributed by atoms with Crippen molar-refractivity contribution in [3.05, 3.63) is 47.2 Å². The molecule has 2 aromatic rings. The fourth-order valence-corrected chi connectivity index (χ4v) is 1.91. The van der Waals surface area contributed by atoms with Gasteiger partial charge in [-0.2, -0.15) is 0 Å². The number of aromatic nitrogens is 1. The molecule has 0 bridgehead atoms. The van der Waals surface area contributed by atoms with Gasteiger partial charge in [0, 0.05) is 11.1 Å². The van der Waals surface area contributed by atoms with Crippen LogP contribution in [-0.4, -0.2) is 15.2 Å². The van der Waals surface area contributed by atoms with Crippen LogP contribution in [0.4, 0.5) is 0 Å².